The number of rotatable bonds is 3. The third kappa shape index (κ3) is 4.83. The number of piperidine rings is 1. The van der Waals surface area contributed by atoms with E-state index in [-0.39, 0.29) is 16.7 Å². The van der Waals surface area contributed by atoms with Gasteiger partial charge in [-0.25, -0.2) is 4.79 Å². The second-order valence-electron chi connectivity index (χ2n) is 6.80. The van der Waals surface area contributed by atoms with Crippen LogP contribution in [-0.4, -0.2) is 35.7 Å². The van der Waals surface area contributed by atoms with E-state index in [1.807, 2.05) is 25.7 Å². The molecule has 1 saturated heterocycles. The first-order valence-corrected chi connectivity index (χ1v) is 8.64. The molecule has 1 atom stereocenters. The average Bonchev–Trinajstić information content (AvgIpc) is 2.44. The summed E-state index contributed by atoms with van der Waals surface area (Å²) in [4.78, 5) is 24.8. The minimum Gasteiger partial charge on any atom is -0.444 e. The molecule has 132 valence electrons. The highest BCUT2D eigenvalue weighted by molar-refractivity contribution is 9.10. The second-order valence-corrected chi connectivity index (χ2v) is 7.65. The number of halogens is 1. The van der Waals surface area contributed by atoms with E-state index in [9.17, 15) is 14.9 Å². The van der Waals surface area contributed by atoms with Crippen molar-refractivity contribution in [1.82, 2.24) is 5.32 Å². The minimum atomic E-state index is -0.556. The van der Waals surface area contributed by atoms with Crippen molar-refractivity contribution in [3.63, 3.8) is 0 Å². The summed E-state index contributed by atoms with van der Waals surface area (Å²) in [7, 11) is 0. The second kappa shape index (κ2) is 7.38. The molecule has 8 heteroatoms. The highest BCUT2D eigenvalue weighted by Crippen LogP contribution is 2.37. The van der Waals surface area contributed by atoms with Crippen LogP contribution in [0.3, 0.4) is 0 Å². The number of anilines is 1. The lowest BCUT2D eigenvalue weighted by Crippen LogP contribution is -2.49. The van der Waals surface area contributed by atoms with Crippen molar-refractivity contribution in [2.45, 2.75) is 45.3 Å². The fourth-order valence-corrected chi connectivity index (χ4v) is 3.34. The van der Waals surface area contributed by atoms with Crippen molar-refractivity contribution in [2.75, 3.05) is 18.0 Å². The molecule has 7 nitrogen and oxygen atoms in total. The Balaban J connectivity index is 2.12. The number of para-hydroxylation sites is 1. The number of carbonyl (C=O) groups excluding carboxylic acids is 1. The van der Waals surface area contributed by atoms with Gasteiger partial charge in [-0.3, -0.25) is 10.1 Å². The van der Waals surface area contributed by atoms with Gasteiger partial charge in [0, 0.05) is 29.7 Å². The van der Waals surface area contributed by atoms with Crippen molar-refractivity contribution in [3.05, 3.63) is 32.8 Å². The van der Waals surface area contributed by atoms with Crippen molar-refractivity contribution < 1.29 is 14.5 Å². The van der Waals surface area contributed by atoms with E-state index in [1.165, 1.54) is 6.07 Å². The fraction of sp³-hybridized carbons (Fsp3) is 0.562. The highest BCUT2D eigenvalue weighted by Gasteiger charge is 2.29. The van der Waals surface area contributed by atoms with Gasteiger partial charge in [0.25, 0.3) is 5.69 Å². The number of hydrogen-bond donors (Lipinski definition) is 1. The molecule has 2 rings (SSSR count). The van der Waals surface area contributed by atoms with E-state index >= 15 is 0 Å². The number of nitro benzene ring substituents is 1. The molecule has 0 aliphatic carbocycles. The first kappa shape index (κ1) is 18.5. The van der Waals surface area contributed by atoms with E-state index < -0.39 is 11.7 Å². The molecule has 1 N–H and O–H groups in total. The number of nitro groups is 1. The van der Waals surface area contributed by atoms with Crippen molar-refractivity contribution >= 4 is 33.4 Å². The maximum Gasteiger partial charge on any atom is 0.407 e. The zero-order valence-corrected chi connectivity index (χ0v) is 15.6. The van der Waals surface area contributed by atoms with Crippen LogP contribution in [-0.2, 0) is 4.74 Å². The molecule has 1 aromatic carbocycles. The topological polar surface area (TPSA) is 84.7 Å². The van der Waals surface area contributed by atoms with Gasteiger partial charge in [0.1, 0.15) is 11.3 Å². The van der Waals surface area contributed by atoms with E-state index in [4.69, 9.17) is 4.74 Å². The van der Waals surface area contributed by atoms with Gasteiger partial charge in [0.05, 0.1) is 4.92 Å². The summed E-state index contributed by atoms with van der Waals surface area (Å²) in [5, 5.41) is 14.2. The van der Waals surface area contributed by atoms with Crippen molar-refractivity contribution in [1.29, 1.82) is 0 Å². The summed E-state index contributed by atoms with van der Waals surface area (Å²) in [5.41, 5.74) is 0.0557. The highest BCUT2D eigenvalue weighted by atomic mass is 79.9. The Morgan fingerprint density at radius 2 is 2.17 bits per heavy atom. The SMILES string of the molecule is CC(C)(C)OC(=O)N[C@@H]1CCCN(c2c(Br)cccc2[N+](=O)[O-])C1. The molecule has 0 radical (unpaired) electrons. The molecule has 0 spiro atoms. The molecule has 1 heterocycles. The first-order chi connectivity index (χ1) is 11.2. The zero-order chi connectivity index (χ0) is 17.9. The molecule has 0 saturated carbocycles. The number of benzene rings is 1. The van der Waals surface area contributed by atoms with E-state index in [1.54, 1.807) is 12.1 Å². The van der Waals surface area contributed by atoms with Crippen LogP contribution in [0.1, 0.15) is 33.6 Å². The van der Waals surface area contributed by atoms with Gasteiger partial charge < -0.3 is 15.0 Å². The number of nitrogens with one attached hydrogen (secondary N) is 1. The summed E-state index contributed by atoms with van der Waals surface area (Å²) >= 11 is 3.40. The smallest absolute Gasteiger partial charge is 0.407 e. The van der Waals surface area contributed by atoms with Crippen LogP contribution in [0.2, 0.25) is 0 Å². The summed E-state index contributed by atoms with van der Waals surface area (Å²) in [5.74, 6) is 0. The Labute approximate surface area is 149 Å². The first-order valence-electron chi connectivity index (χ1n) is 7.85. The van der Waals surface area contributed by atoms with Gasteiger partial charge in [0.15, 0.2) is 0 Å². The summed E-state index contributed by atoms with van der Waals surface area (Å²) in [6, 6.07) is 4.81. The number of amides is 1. The van der Waals surface area contributed by atoms with Crippen LogP contribution in [0.25, 0.3) is 0 Å². The Morgan fingerprint density at radius 1 is 1.46 bits per heavy atom. The van der Waals surface area contributed by atoms with Gasteiger partial charge in [-0.05, 0) is 55.6 Å². The van der Waals surface area contributed by atoms with Crippen LogP contribution in [0.5, 0.6) is 0 Å². The standard InChI is InChI=1S/C16H22BrN3O4/c1-16(2,3)24-15(21)18-11-6-5-9-19(10-11)14-12(17)7-4-8-13(14)20(22)23/h4,7-8,11H,5-6,9-10H2,1-3H3,(H,18,21)/t11-/m1/s1. The lowest BCUT2D eigenvalue weighted by molar-refractivity contribution is -0.384. The Morgan fingerprint density at radius 3 is 2.79 bits per heavy atom. The Kier molecular flexibility index (Phi) is 5.69. The molecule has 24 heavy (non-hydrogen) atoms. The minimum absolute atomic E-state index is 0.0577. The van der Waals surface area contributed by atoms with Gasteiger partial charge in [0.2, 0.25) is 0 Å². The van der Waals surface area contributed by atoms with E-state index in [2.05, 4.69) is 21.2 Å². The summed E-state index contributed by atoms with van der Waals surface area (Å²) in [6.45, 7) is 6.64. The van der Waals surface area contributed by atoms with Gasteiger partial charge in [-0.2, -0.15) is 0 Å². The number of nitrogens with zero attached hydrogens (tertiary/aromatic N) is 2. The lowest BCUT2D eigenvalue weighted by Gasteiger charge is -2.35. The zero-order valence-electron chi connectivity index (χ0n) is 14.0. The van der Waals surface area contributed by atoms with Crippen LogP contribution >= 0.6 is 15.9 Å². The number of carbonyl (C=O) groups is 1. The molecule has 0 unspecified atom stereocenters. The van der Waals surface area contributed by atoms with Crippen molar-refractivity contribution in [3.8, 4) is 0 Å². The van der Waals surface area contributed by atoms with Gasteiger partial charge in [-0.15, -0.1) is 0 Å². The molecule has 1 aliphatic heterocycles. The largest absolute Gasteiger partial charge is 0.444 e. The maximum atomic E-state index is 11.9. The van der Waals surface area contributed by atoms with Gasteiger partial charge in [-0.1, -0.05) is 6.07 Å². The predicted octanol–water partition coefficient (Wildman–Crippen LogP) is 3.85. The number of alkyl carbamates (subject to hydrolysis) is 1. The molecule has 0 aromatic heterocycles. The number of hydrogen-bond acceptors (Lipinski definition) is 5. The van der Waals surface area contributed by atoms with Crippen LogP contribution < -0.4 is 10.2 Å². The maximum absolute atomic E-state index is 11.9. The fourth-order valence-electron chi connectivity index (χ4n) is 2.74. The van der Waals surface area contributed by atoms with Crippen LogP contribution in [0.4, 0.5) is 16.2 Å². The van der Waals surface area contributed by atoms with Crippen LogP contribution in [0.15, 0.2) is 22.7 Å². The normalized spacial score (nSPS) is 18.2. The van der Waals surface area contributed by atoms with E-state index in [0.717, 1.165) is 12.8 Å². The third-order valence-electron chi connectivity index (χ3n) is 3.62. The molecule has 0 bridgehead atoms. The molecule has 1 aromatic rings. The van der Waals surface area contributed by atoms with Gasteiger partial charge >= 0.3 is 6.09 Å². The van der Waals surface area contributed by atoms with E-state index in [0.29, 0.717) is 23.2 Å². The summed E-state index contributed by atoms with van der Waals surface area (Å²) < 4.78 is 5.96. The average molecular weight is 400 g/mol. The lowest BCUT2D eigenvalue weighted by atomic mass is 10.0. The summed E-state index contributed by atoms with van der Waals surface area (Å²) in [6.07, 6.45) is 1.18. The van der Waals surface area contributed by atoms with Crippen molar-refractivity contribution in [2.24, 2.45) is 0 Å². The molecular formula is C16H22BrN3O4. The number of ether oxygens (including phenoxy) is 1. The molecule has 1 amide bonds. The predicted molar refractivity (Wildman–Crippen MR) is 95.4 cm³/mol. The third-order valence-corrected chi connectivity index (χ3v) is 4.26. The monoisotopic (exact) mass is 399 g/mol. The Bertz CT molecular complexity index is 630. The molecular weight excluding hydrogens is 378 g/mol. The van der Waals surface area contributed by atoms with Crippen LogP contribution in [0, 0.1) is 10.1 Å². The Hall–Kier alpha value is -1.83. The quantitative estimate of drug-likeness (QED) is 0.616. The molecule has 1 aliphatic rings. The molecule has 1 fully saturated rings.